The van der Waals surface area contributed by atoms with Crippen molar-refractivity contribution in [3.8, 4) is 0 Å². The van der Waals surface area contributed by atoms with Crippen molar-refractivity contribution in [3.05, 3.63) is 11.3 Å². The van der Waals surface area contributed by atoms with Gasteiger partial charge < -0.3 is 14.6 Å². The Kier molecular flexibility index (Phi) is 7.28. The average Bonchev–Trinajstić information content (AvgIpc) is 2.87. The molecule has 7 nitrogen and oxygen atoms in total. The van der Waals surface area contributed by atoms with E-state index in [-0.39, 0.29) is 11.4 Å². The molecule has 0 spiro atoms. The molecule has 0 saturated carbocycles. The largest absolute Gasteiger partial charge is 0.462 e. The fourth-order valence-corrected chi connectivity index (χ4v) is 1.65. The first-order chi connectivity index (χ1) is 10.1. The topological polar surface area (TPSA) is 93.5 Å². The van der Waals surface area contributed by atoms with Gasteiger partial charge in [-0.15, -0.1) is 0 Å². The maximum atomic E-state index is 12.0. The molecule has 0 aliphatic carbocycles. The molecule has 0 saturated heterocycles. The van der Waals surface area contributed by atoms with E-state index < -0.39 is 12.0 Å². The minimum atomic E-state index is -0.529. The quantitative estimate of drug-likeness (QED) is 0.568. The van der Waals surface area contributed by atoms with Gasteiger partial charge in [0.1, 0.15) is 11.3 Å². The van der Waals surface area contributed by atoms with E-state index >= 15 is 0 Å². The fourth-order valence-electron chi connectivity index (χ4n) is 1.65. The Hall–Kier alpha value is -2.05. The van der Waals surface area contributed by atoms with E-state index in [1.54, 1.807) is 0 Å². The van der Waals surface area contributed by atoms with Gasteiger partial charge in [-0.2, -0.15) is 0 Å². The molecule has 0 aliphatic heterocycles. The smallest absolute Gasteiger partial charge is 0.345 e. The van der Waals surface area contributed by atoms with Crippen molar-refractivity contribution in [2.24, 2.45) is 0 Å². The lowest BCUT2D eigenvalue weighted by Gasteiger charge is -2.06. The zero-order valence-corrected chi connectivity index (χ0v) is 12.8. The maximum absolute atomic E-state index is 12.0. The van der Waals surface area contributed by atoms with Crippen molar-refractivity contribution in [2.75, 3.05) is 18.5 Å². The number of carbonyl (C=O) groups is 2. The van der Waals surface area contributed by atoms with E-state index in [0.29, 0.717) is 25.3 Å². The summed E-state index contributed by atoms with van der Waals surface area (Å²) >= 11 is 0. The fraction of sp³-hybridized carbons (Fsp3) is 0.643. The van der Waals surface area contributed by atoms with Gasteiger partial charge in [-0.05, 0) is 19.3 Å². The molecule has 1 aromatic rings. The molecule has 2 amide bonds. The second-order valence-corrected chi connectivity index (χ2v) is 4.56. The maximum Gasteiger partial charge on any atom is 0.345 e. The summed E-state index contributed by atoms with van der Waals surface area (Å²) in [5, 5.41) is 8.98. The molecule has 2 N–H and O–H groups in total. The van der Waals surface area contributed by atoms with Crippen LogP contribution < -0.4 is 10.6 Å². The van der Waals surface area contributed by atoms with Gasteiger partial charge >= 0.3 is 12.0 Å². The number of amides is 2. The first-order valence-electron chi connectivity index (χ1n) is 7.34. The van der Waals surface area contributed by atoms with Crippen molar-refractivity contribution in [1.29, 1.82) is 0 Å². The molecule has 0 aromatic carbocycles. The molecule has 1 rings (SSSR count). The lowest BCUT2D eigenvalue weighted by atomic mass is 10.2. The summed E-state index contributed by atoms with van der Waals surface area (Å²) in [5.41, 5.74) is 0.663. The van der Waals surface area contributed by atoms with E-state index in [1.807, 2.05) is 20.8 Å². The van der Waals surface area contributed by atoms with Gasteiger partial charge in [0.2, 0.25) is 5.88 Å². The molecule has 118 valence electrons. The highest BCUT2D eigenvalue weighted by atomic mass is 16.5. The molecule has 7 heteroatoms. The third-order valence-electron chi connectivity index (χ3n) is 2.78. The predicted molar refractivity (Wildman–Crippen MR) is 78.4 cm³/mol. The molecule has 0 atom stereocenters. The Morgan fingerprint density at radius 2 is 2.00 bits per heavy atom. The number of carbonyl (C=O) groups excluding carboxylic acids is 2. The summed E-state index contributed by atoms with van der Waals surface area (Å²) in [4.78, 5) is 23.7. The zero-order valence-electron chi connectivity index (χ0n) is 12.8. The average molecular weight is 297 g/mol. The van der Waals surface area contributed by atoms with Crippen molar-refractivity contribution in [3.63, 3.8) is 0 Å². The standard InChI is InChI=1S/C14H23N3O4/c1-4-7-8-15-14(19)16-12-11(10(6-3)17-21-12)13(18)20-9-5-2/h4-9H2,1-3H3,(H2,15,16,19). The highest BCUT2D eigenvalue weighted by molar-refractivity contribution is 5.99. The summed E-state index contributed by atoms with van der Waals surface area (Å²) in [6, 6.07) is -0.424. The molecule has 0 unspecified atom stereocenters. The third-order valence-corrected chi connectivity index (χ3v) is 2.78. The van der Waals surface area contributed by atoms with E-state index in [0.717, 1.165) is 19.3 Å². The summed E-state index contributed by atoms with van der Waals surface area (Å²) < 4.78 is 10.1. The van der Waals surface area contributed by atoms with Crippen LogP contribution in [0, 0.1) is 0 Å². The Labute approximate surface area is 124 Å². The van der Waals surface area contributed by atoms with Crippen molar-refractivity contribution < 1.29 is 18.8 Å². The first kappa shape index (κ1) is 17.0. The molecular formula is C14H23N3O4. The van der Waals surface area contributed by atoms with Crippen LogP contribution in [-0.4, -0.2) is 30.3 Å². The van der Waals surface area contributed by atoms with E-state index in [2.05, 4.69) is 15.8 Å². The SMILES string of the molecule is CCCCNC(=O)Nc1onc(CC)c1C(=O)OCCC. The lowest BCUT2D eigenvalue weighted by Crippen LogP contribution is -2.30. The van der Waals surface area contributed by atoms with Crippen LogP contribution in [-0.2, 0) is 11.2 Å². The third kappa shape index (κ3) is 5.09. The second-order valence-electron chi connectivity index (χ2n) is 4.56. The van der Waals surface area contributed by atoms with Crippen LogP contribution in [0.2, 0.25) is 0 Å². The Morgan fingerprint density at radius 3 is 2.62 bits per heavy atom. The van der Waals surface area contributed by atoms with Crippen molar-refractivity contribution in [2.45, 2.75) is 46.5 Å². The highest BCUT2D eigenvalue weighted by Crippen LogP contribution is 2.21. The molecule has 0 aliphatic rings. The molecular weight excluding hydrogens is 274 g/mol. The minimum absolute atomic E-state index is 0.0296. The van der Waals surface area contributed by atoms with E-state index in [4.69, 9.17) is 9.26 Å². The van der Waals surface area contributed by atoms with Gasteiger partial charge in [0, 0.05) is 6.54 Å². The van der Waals surface area contributed by atoms with Crippen molar-refractivity contribution >= 4 is 17.9 Å². The van der Waals surface area contributed by atoms with Crippen LogP contribution in [0.25, 0.3) is 0 Å². The van der Waals surface area contributed by atoms with Gasteiger partial charge in [-0.25, -0.2) is 9.59 Å². The summed E-state index contributed by atoms with van der Waals surface area (Å²) in [6.07, 6.45) is 3.10. The Balaban J connectivity index is 2.75. The molecule has 21 heavy (non-hydrogen) atoms. The number of aromatic nitrogens is 1. The number of anilines is 1. The minimum Gasteiger partial charge on any atom is -0.462 e. The lowest BCUT2D eigenvalue weighted by molar-refractivity contribution is 0.0504. The number of nitrogens with one attached hydrogen (secondary N) is 2. The molecule has 0 bridgehead atoms. The number of aryl methyl sites for hydroxylation is 1. The van der Waals surface area contributed by atoms with E-state index in [1.165, 1.54) is 0 Å². The molecule has 1 heterocycles. The second kappa shape index (κ2) is 8.99. The number of urea groups is 1. The molecule has 0 fully saturated rings. The van der Waals surface area contributed by atoms with Crippen LogP contribution in [0.1, 0.15) is 56.1 Å². The first-order valence-corrected chi connectivity index (χ1v) is 7.34. The summed E-state index contributed by atoms with van der Waals surface area (Å²) in [6.45, 7) is 6.66. The van der Waals surface area contributed by atoms with Gasteiger partial charge in [0.15, 0.2) is 0 Å². The van der Waals surface area contributed by atoms with Crippen LogP contribution in [0.5, 0.6) is 0 Å². The van der Waals surface area contributed by atoms with Gasteiger partial charge in [-0.3, -0.25) is 5.32 Å². The highest BCUT2D eigenvalue weighted by Gasteiger charge is 2.24. The summed E-state index contributed by atoms with van der Waals surface area (Å²) in [7, 11) is 0. The number of hydrogen-bond donors (Lipinski definition) is 2. The van der Waals surface area contributed by atoms with Gasteiger partial charge in [0.05, 0.1) is 6.61 Å². The number of ether oxygens (including phenoxy) is 1. The monoisotopic (exact) mass is 297 g/mol. The number of esters is 1. The zero-order chi connectivity index (χ0) is 15.7. The Bertz CT molecular complexity index is 471. The molecule has 1 aromatic heterocycles. The number of nitrogens with zero attached hydrogens (tertiary/aromatic N) is 1. The van der Waals surface area contributed by atoms with Gasteiger partial charge in [0.25, 0.3) is 0 Å². The van der Waals surface area contributed by atoms with Crippen LogP contribution in [0.15, 0.2) is 4.52 Å². The van der Waals surface area contributed by atoms with Gasteiger partial charge in [-0.1, -0.05) is 32.3 Å². The van der Waals surface area contributed by atoms with E-state index in [9.17, 15) is 9.59 Å². The number of unbranched alkanes of at least 4 members (excludes halogenated alkanes) is 1. The number of rotatable bonds is 8. The Morgan fingerprint density at radius 1 is 1.24 bits per heavy atom. The summed E-state index contributed by atoms with van der Waals surface area (Å²) in [5.74, 6) is -0.499. The number of hydrogen-bond acceptors (Lipinski definition) is 5. The molecule has 0 radical (unpaired) electrons. The van der Waals surface area contributed by atoms with Crippen LogP contribution >= 0.6 is 0 Å². The van der Waals surface area contributed by atoms with Crippen molar-refractivity contribution in [1.82, 2.24) is 10.5 Å². The predicted octanol–water partition coefficient (Wildman–Crippen LogP) is 2.73. The normalized spacial score (nSPS) is 10.2. The van der Waals surface area contributed by atoms with Crippen LogP contribution in [0.3, 0.4) is 0 Å². The van der Waals surface area contributed by atoms with Crippen LogP contribution in [0.4, 0.5) is 10.7 Å².